The summed E-state index contributed by atoms with van der Waals surface area (Å²) >= 11 is 7.26. The van der Waals surface area contributed by atoms with Crippen LogP contribution in [-0.4, -0.2) is 27.7 Å². The molecule has 0 aliphatic rings. The van der Waals surface area contributed by atoms with Gasteiger partial charge in [-0.3, -0.25) is 4.79 Å². The summed E-state index contributed by atoms with van der Waals surface area (Å²) < 4.78 is 7.02. The molecule has 120 valence electrons. The van der Waals surface area contributed by atoms with Crippen LogP contribution in [0.2, 0.25) is 5.02 Å². The van der Waals surface area contributed by atoms with Gasteiger partial charge in [-0.05, 0) is 37.1 Å². The number of anilines is 1. The SMILES string of the molecule is Cc1cc(Cl)ccc1OCCCNc1nn2c(=O)ccnc2s1. The Morgan fingerprint density at radius 1 is 1.39 bits per heavy atom. The summed E-state index contributed by atoms with van der Waals surface area (Å²) in [5, 5.41) is 8.74. The van der Waals surface area contributed by atoms with E-state index >= 15 is 0 Å². The van der Waals surface area contributed by atoms with Crippen molar-refractivity contribution in [3.8, 4) is 5.75 Å². The number of halogens is 1. The zero-order chi connectivity index (χ0) is 16.2. The number of nitrogens with zero attached hydrogens (tertiary/aromatic N) is 3. The standard InChI is InChI=1S/C15H15ClN4O2S/c1-10-9-11(16)3-4-12(10)22-8-2-6-17-14-19-20-13(21)5-7-18-15(20)23-14/h3-5,7,9H,2,6,8H2,1H3,(H,17,19). The zero-order valence-electron chi connectivity index (χ0n) is 12.5. The molecule has 23 heavy (non-hydrogen) atoms. The highest BCUT2D eigenvalue weighted by Crippen LogP contribution is 2.22. The van der Waals surface area contributed by atoms with Gasteiger partial charge in [0.1, 0.15) is 5.75 Å². The molecule has 3 rings (SSSR count). The van der Waals surface area contributed by atoms with E-state index in [-0.39, 0.29) is 5.56 Å². The van der Waals surface area contributed by atoms with E-state index < -0.39 is 0 Å². The van der Waals surface area contributed by atoms with E-state index in [1.54, 1.807) is 0 Å². The Morgan fingerprint density at radius 2 is 2.26 bits per heavy atom. The van der Waals surface area contributed by atoms with Gasteiger partial charge in [-0.25, -0.2) is 4.98 Å². The molecule has 0 amide bonds. The third kappa shape index (κ3) is 3.80. The number of ether oxygens (including phenoxy) is 1. The van der Waals surface area contributed by atoms with Crippen LogP contribution in [0.4, 0.5) is 5.13 Å². The lowest BCUT2D eigenvalue weighted by Crippen LogP contribution is -2.13. The molecule has 0 unspecified atom stereocenters. The summed E-state index contributed by atoms with van der Waals surface area (Å²) in [5.74, 6) is 0.838. The summed E-state index contributed by atoms with van der Waals surface area (Å²) in [6.45, 7) is 3.24. The lowest BCUT2D eigenvalue weighted by Gasteiger charge is -2.09. The van der Waals surface area contributed by atoms with Crippen LogP contribution < -0.4 is 15.6 Å². The monoisotopic (exact) mass is 350 g/mol. The van der Waals surface area contributed by atoms with Crippen molar-refractivity contribution in [2.24, 2.45) is 0 Å². The normalized spacial score (nSPS) is 10.9. The van der Waals surface area contributed by atoms with Gasteiger partial charge >= 0.3 is 0 Å². The summed E-state index contributed by atoms with van der Waals surface area (Å²) in [4.78, 5) is 16.3. The number of fused-ring (bicyclic) bond motifs is 1. The molecule has 1 N–H and O–H groups in total. The molecule has 2 aromatic heterocycles. The third-order valence-electron chi connectivity index (χ3n) is 3.16. The minimum Gasteiger partial charge on any atom is -0.493 e. The van der Waals surface area contributed by atoms with Crippen molar-refractivity contribution >= 4 is 33.0 Å². The Hall–Kier alpha value is -2.12. The predicted octanol–water partition coefficient (Wildman–Crippen LogP) is 2.99. The summed E-state index contributed by atoms with van der Waals surface area (Å²) in [6.07, 6.45) is 2.29. The maximum absolute atomic E-state index is 11.6. The molecule has 1 aromatic carbocycles. The van der Waals surface area contributed by atoms with Gasteiger partial charge in [0.15, 0.2) is 0 Å². The maximum atomic E-state index is 11.6. The molecule has 0 spiro atoms. The van der Waals surface area contributed by atoms with Crippen LogP contribution in [0.25, 0.3) is 4.96 Å². The second kappa shape index (κ2) is 6.97. The van der Waals surface area contributed by atoms with Gasteiger partial charge in [0.05, 0.1) is 6.61 Å². The fourth-order valence-corrected chi connectivity index (χ4v) is 3.07. The molecule has 0 aliphatic heterocycles. The van der Waals surface area contributed by atoms with Crippen molar-refractivity contribution in [1.82, 2.24) is 14.6 Å². The van der Waals surface area contributed by atoms with Crippen LogP contribution in [0.15, 0.2) is 35.3 Å². The fraction of sp³-hybridized carbons (Fsp3) is 0.267. The van der Waals surface area contributed by atoms with Gasteiger partial charge in [0.25, 0.3) is 5.56 Å². The highest BCUT2D eigenvalue weighted by molar-refractivity contribution is 7.20. The fourth-order valence-electron chi connectivity index (χ4n) is 2.04. The van der Waals surface area contributed by atoms with Gasteiger partial charge in [0.2, 0.25) is 10.1 Å². The molecule has 3 aromatic rings. The van der Waals surface area contributed by atoms with Crippen molar-refractivity contribution in [3.05, 3.63) is 51.4 Å². The molecule has 0 radical (unpaired) electrons. The van der Waals surface area contributed by atoms with Gasteiger partial charge in [-0.15, -0.1) is 5.10 Å². The summed E-state index contributed by atoms with van der Waals surface area (Å²) in [6, 6.07) is 6.95. The third-order valence-corrected chi connectivity index (χ3v) is 4.28. The van der Waals surface area contributed by atoms with Crippen molar-refractivity contribution in [1.29, 1.82) is 0 Å². The van der Waals surface area contributed by atoms with Gasteiger partial charge in [0, 0.05) is 23.8 Å². The average molecular weight is 351 g/mol. The first-order chi connectivity index (χ1) is 11.1. The van der Waals surface area contributed by atoms with Crippen LogP contribution in [0, 0.1) is 6.92 Å². The first kappa shape index (κ1) is 15.8. The van der Waals surface area contributed by atoms with Gasteiger partial charge < -0.3 is 10.1 Å². The second-order valence-corrected chi connectivity index (χ2v) is 6.32. The van der Waals surface area contributed by atoms with Crippen molar-refractivity contribution < 1.29 is 4.74 Å². The number of nitrogens with one attached hydrogen (secondary N) is 1. The number of rotatable bonds is 6. The van der Waals surface area contributed by atoms with E-state index in [0.29, 0.717) is 28.3 Å². The van der Waals surface area contributed by atoms with E-state index in [1.807, 2.05) is 25.1 Å². The smallest absolute Gasteiger partial charge is 0.275 e. The first-order valence-corrected chi connectivity index (χ1v) is 8.30. The van der Waals surface area contributed by atoms with E-state index in [9.17, 15) is 4.79 Å². The van der Waals surface area contributed by atoms with Crippen LogP contribution in [-0.2, 0) is 0 Å². The van der Waals surface area contributed by atoms with Crippen molar-refractivity contribution in [2.45, 2.75) is 13.3 Å². The van der Waals surface area contributed by atoms with Crippen molar-refractivity contribution in [2.75, 3.05) is 18.5 Å². The molecule has 0 atom stereocenters. The minimum absolute atomic E-state index is 0.180. The Kier molecular flexibility index (Phi) is 4.78. The molecular weight excluding hydrogens is 336 g/mol. The van der Waals surface area contributed by atoms with Crippen LogP contribution in [0.3, 0.4) is 0 Å². The molecule has 0 bridgehead atoms. The Bertz CT molecular complexity index is 877. The minimum atomic E-state index is -0.180. The molecule has 2 heterocycles. The summed E-state index contributed by atoms with van der Waals surface area (Å²) in [5.41, 5.74) is 0.836. The Morgan fingerprint density at radius 3 is 3.04 bits per heavy atom. The van der Waals surface area contributed by atoms with Gasteiger partial charge in [-0.2, -0.15) is 4.52 Å². The predicted molar refractivity (Wildman–Crippen MR) is 91.9 cm³/mol. The average Bonchev–Trinajstić information content (AvgIpc) is 2.93. The van der Waals surface area contributed by atoms with E-state index in [0.717, 1.165) is 17.7 Å². The number of benzene rings is 1. The van der Waals surface area contributed by atoms with E-state index in [4.69, 9.17) is 16.3 Å². The van der Waals surface area contributed by atoms with Crippen LogP contribution in [0.5, 0.6) is 5.75 Å². The molecular formula is C15H15ClN4O2S. The molecule has 0 aliphatic carbocycles. The highest BCUT2D eigenvalue weighted by atomic mass is 35.5. The quantitative estimate of drug-likeness (QED) is 0.692. The molecule has 8 heteroatoms. The number of hydrogen-bond acceptors (Lipinski definition) is 6. The zero-order valence-corrected chi connectivity index (χ0v) is 14.0. The second-order valence-electron chi connectivity index (χ2n) is 4.92. The molecule has 0 saturated heterocycles. The van der Waals surface area contributed by atoms with E-state index in [1.165, 1.54) is 28.1 Å². The van der Waals surface area contributed by atoms with Gasteiger partial charge in [-0.1, -0.05) is 22.9 Å². The van der Waals surface area contributed by atoms with Crippen LogP contribution in [0.1, 0.15) is 12.0 Å². The largest absolute Gasteiger partial charge is 0.493 e. The lowest BCUT2D eigenvalue weighted by molar-refractivity contribution is 0.313. The molecule has 0 fully saturated rings. The summed E-state index contributed by atoms with van der Waals surface area (Å²) in [7, 11) is 0. The number of hydrogen-bond donors (Lipinski definition) is 1. The molecule has 6 nitrogen and oxygen atoms in total. The maximum Gasteiger partial charge on any atom is 0.275 e. The first-order valence-electron chi connectivity index (χ1n) is 7.11. The van der Waals surface area contributed by atoms with E-state index in [2.05, 4.69) is 15.4 Å². The Labute approximate surface area is 141 Å². The topological polar surface area (TPSA) is 68.5 Å². The number of aromatic nitrogens is 3. The van der Waals surface area contributed by atoms with Crippen LogP contribution >= 0.6 is 22.9 Å². The molecule has 0 saturated carbocycles. The van der Waals surface area contributed by atoms with Crippen molar-refractivity contribution in [3.63, 3.8) is 0 Å². The Balaban J connectivity index is 1.49. The number of aryl methyl sites for hydroxylation is 1. The highest BCUT2D eigenvalue weighted by Gasteiger charge is 2.05. The lowest BCUT2D eigenvalue weighted by atomic mass is 10.2.